The Kier molecular flexibility index (Phi) is 4.77. The molecule has 2 unspecified atom stereocenters. The number of benzene rings is 1. The van der Waals surface area contributed by atoms with Crippen molar-refractivity contribution in [2.75, 3.05) is 26.2 Å². The van der Waals surface area contributed by atoms with Gasteiger partial charge in [-0.3, -0.25) is 4.79 Å². The first-order valence-corrected chi connectivity index (χ1v) is 11.1. The fraction of sp³-hybridized carbons (Fsp3) is 0.440. The second-order valence-corrected chi connectivity index (χ2v) is 9.10. The summed E-state index contributed by atoms with van der Waals surface area (Å²) in [5.74, 6) is -0.0785. The first kappa shape index (κ1) is 20.1. The summed E-state index contributed by atoms with van der Waals surface area (Å²) >= 11 is 0. The van der Waals surface area contributed by atoms with Crippen LogP contribution in [-0.2, 0) is 4.79 Å². The molecule has 2 fully saturated rings. The Labute approximate surface area is 182 Å². The Morgan fingerprint density at radius 3 is 2.29 bits per heavy atom. The van der Waals surface area contributed by atoms with E-state index in [1.165, 1.54) is 4.90 Å². The Morgan fingerprint density at radius 2 is 1.61 bits per heavy atom. The average molecular weight is 421 g/mol. The summed E-state index contributed by atoms with van der Waals surface area (Å²) in [6.45, 7) is 1.41. The predicted octanol–water partition coefficient (Wildman–Crippen LogP) is 3.45. The summed E-state index contributed by atoms with van der Waals surface area (Å²) in [4.78, 5) is 27.4. The highest BCUT2D eigenvalue weighted by atomic mass is 16.4. The van der Waals surface area contributed by atoms with Gasteiger partial charge in [0.05, 0.1) is 17.4 Å². The third-order valence-corrected chi connectivity index (χ3v) is 7.59. The highest BCUT2D eigenvalue weighted by molar-refractivity contribution is 5.91. The lowest BCUT2D eigenvalue weighted by molar-refractivity contribution is -0.146. The minimum absolute atomic E-state index is 0.0785. The van der Waals surface area contributed by atoms with E-state index in [0.29, 0.717) is 32.6 Å². The molecule has 2 bridgehead atoms. The number of amides is 2. The predicted molar refractivity (Wildman–Crippen MR) is 117 cm³/mol. The van der Waals surface area contributed by atoms with Gasteiger partial charge >= 0.3 is 6.09 Å². The smallest absolute Gasteiger partial charge is 0.407 e. The molecule has 31 heavy (non-hydrogen) atoms. The van der Waals surface area contributed by atoms with Crippen molar-refractivity contribution in [3.63, 3.8) is 0 Å². The van der Waals surface area contributed by atoms with Gasteiger partial charge in [0.2, 0.25) is 5.91 Å². The van der Waals surface area contributed by atoms with Gasteiger partial charge < -0.3 is 20.0 Å². The average Bonchev–Trinajstić information content (AvgIpc) is 2.79. The normalized spacial score (nSPS) is 29.6. The zero-order chi connectivity index (χ0) is 21.6. The molecule has 1 saturated carbocycles. The van der Waals surface area contributed by atoms with Gasteiger partial charge in [-0.15, -0.1) is 0 Å². The lowest BCUT2D eigenvalue weighted by Crippen LogP contribution is -2.59. The Bertz CT molecular complexity index is 1000. The number of aliphatic hydroxyl groups is 1. The molecule has 4 aliphatic rings. The van der Waals surface area contributed by atoms with Crippen LogP contribution >= 0.6 is 0 Å². The molecule has 1 saturated heterocycles. The van der Waals surface area contributed by atoms with E-state index in [1.54, 1.807) is 4.90 Å². The van der Waals surface area contributed by atoms with Crippen LogP contribution in [0.25, 0.3) is 5.57 Å². The first-order valence-electron chi connectivity index (χ1n) is 11.1. The van der Waals surface area contributed by atoms with E-state index < -0.39 is 17.1 Å². The molecule has 1 heterocycles. The minimum atomic E-state index is -1.11. The molecule has 1 spiro atoms. The minimum Gasteiger partial charge on any atom is -0.465 e. The lowest BCUT2D eigenvalue weighted by Gasteiger charge is -2.59. The third-order valence-electron chi connectivity index (χ3n) is 7.59. The second kappa shape index (κ2) is 7.38. The summed E-state index contributed by atoms with van der Waals surface area (Å²) in [5.41, 5.74) is 2.96. The summed E-state index contributed by atoms with van der Waals surface area (Å²) < 4.78 is 0. The van der Waals surface area contributed by atoms with E-state index in [-0.39, 0.29) is 12.3 Å². The third kappa shape index (κ3) is 3.04. The van der Waals surface area contributed by atoms with E-state index in [4.69, 9.17) is 5.11 Å². The Balaban J connectivity index is 1.39. The number of piperazine rings is 1. The number of hydrogen-bond acceptors (Lipinski definition) is 3. The van der Waals surface area contributed by atoms with Crippen molar-refractivity contribution in [2.45, 2.75) is 37.7 Å². The molecular formula is C25H28N2O4. The van der Waals surface area contributed by atoms with Crippen LogP contribution in [0.2, 0.25) is 0 Å². The number of rotatable bonds is 3. The molecule has 2 N–H and O–H groups in total. The maximum atomic E-state index is 13.2. The van der Waals surface area contributed by atoms with Crippen LogP contribution < -0.4 is 0 Å². The molecule has 5 rings (SSSR count). The van der Waals surface area contributed by atoms with E-state index >= 15 is 0 Å². The summed E-state index contributed by atoms with van der Waals surface area (Å²) in [6, 6.07) is 10.2. The van der Waals surface area contributed by atoms with Gasteiger partial charge in [0.25, 0.3) is 0 Å². The fourth-order valence-electron chi connectivity index (χ4n) is 5.91. The number of carbonyl (C=O) groups is 2. The van der Waals surface area contributed by atoms with Gasteiger partial charge in [-0.25, -0.2) is 4.79 Å². The van der Waals surface area contributed by atoms with Crippen LogP contribution in [0.15, 0.2) is 59.7 Å². The van der Waals surface area contributed by atoms with Crippen LogP contribution in [0.1, 0.15) is 37.7 Å². The Morgan fingerprint density at radius 1 is 0.935 bits per heavy atom. The van der Waals surface area contributed by atoms with Crippen molar-refractivity contribution in [1.82, 2.24) is 9.80 Å². The number of carbonyl (C=O) groups excluding carboxylic acids is 1. The largest absolute Gasteiger partial charge is 0.465 e. The Hall–Kier alpha value is -2.86. The maximum absolute atomic E-state index is 13.2. The summed E-state index contributed by atoms with van der Waals surface area (Å²) in [5, 5.41) is 21.1. The van der Waals surface area contributed by atoms with Crippen molar-refractivity contribution >= 4 is 17.6 Å². The molecule has 2 atom stereocenters. The quantitative estimate of drug-likeness (QED) is 0.785. The van der Waals surface area contributed by atoms with E-state index in [9.17, 15) is 14.7 Å². The molecule has 1 aliphatic heterocycles. The first-order chi connectivity index (χ1) is 14.9. The number of hydrogen-bond donors (Lipinski definition) is 2. The molecule has 6 nitrogen and oxygen atoms in total. The molecule has 3 aliphatic carbocycles. The van der Waals surface area contributed by atoms with Crippen molar-refractivity contribution in [1.29, 1.82) is 0 Å². The molecule has 162 valence electrons. The van der Waals surface area contributed by atoms with Crippen LogP contribution in [0.3, 0.4) is 0 Å². The summed E-state index contributed by atoms with van der Waals surface area (Å²) in [7, 11) is 0. The van der Waals surface area contributed by atoms with Gasteiger partial charge in [-0.05, 0) is 35.1 Å². The van der Waals surface area contributed by atoms with E-state index in [2.05, 4.69) is 30.4 Å². The molecule has 6 heteroatoms. The van der Waals surface area contributed by atoms with Crippen LogP contribution in [0.5, 0.6) is 0 Å². The zero-order valence-electron chi connectivity index (χ0n) is 17.6. The van der Waals surface area contributed by atoms with Gasteiger partial charge in [0.15, 0.2) is 0 Å². The molecular weight excluding hydrogens is 392 g/mol. The second-order valence-electron chi connectivity index (χ2n) is 9.10. The molecule has 0 aromatic heterocycles. The van der Waals surface area contributed by atoms with Crippen molar-refractivity contribution in [3.8, 4) is 0 Å². The fourth-order valence-corrected chi connectivity index (χ4v) is 5.91. The monoisotopic (exact) mass is 420 g/mol. The number of carboxylic acid groups (broad SMARTS) is 1. The molecule has 1 aromatic rings. The zero-order valence-corrected chi connectivity index (χ0v) is 17.6. The van der Waals surface area contributed by atoms with Gasteiger partial charge in [-0.1, -0.05) is 61.4 Å². The van der Waals surface area contributed by atoms with E-state index in [0.717, 1.165) is 41.5 Å². The standard InChI is InChI=1S/C25H28N2O4/c28-22(26-12-14-27(15-13-26)23(29)30)17-24(31)10-4-5-11-25(24)19-8-9-20(21(25)16-19)18-6-2-1-3-7-18/h1-3,6-9,16,31H,4-5,10-15,17H2,(H,29,30). The van der Waals surface area contributed by atoms with Crippen LogP contribution in [0.4, 0.5) is 4.79 Å². The number of allylic oxidation sites excluding steroid dienone is 4. The van der Waals surface area contributed by atoms with Crippen molar-refractivity contribution in [2.24, 2.45) is 5.41 Å². The highest BCUT2D eigenvalue weighted by Gasteiger charge is 2.61. The molecule has 2 amide bonds. The van der Waals surface area contributed by atoms with Crippen LogP contribution in [-0.4, -0.2) is 63.8 Å². The highest BCUT2D eigenvalue weighted by Crippen LogP contribution is 2.65. The van der Waals surface area contributed by atoms with Gasteiger partial charge in [0.1, 0.15) is 0 Å². The SMILES string of the molecule is O=C(O)N1CCN(C(=O)CC2(O)CCCCC23c2ccc(-c4ccccc4)c3c2)CC1. The van der Waals surface area contributed by atoms with Gasteiger partial charge in [0, 0.05) is 26.2 Å². The lowest BCUT2D eigenvalue weighted by atomic mass is 9.46. The molecule has 0 radical (unpaired) electrons. The van der Waals surface area contributed by atoms with Crippen LogP contribution in [0, 0.1) is 5.41 Å². The van der Waals surface area contributed by atoms with E-state index in [1.807, 2.05) is 18.2 Å². The summed E-state index contributed by atoms with van der Waals surface area (Å²) in [6.07, 6.45) is 8.95. The maximum Gasteiger partial charge on any atom is 0.407 e. The van der Waals surface area contributed by atoms with Crippen molar-refractivity contribution in [3.05, 3.63) is 65.3 Å². The topological polar surface area (TPSA) is 81.1 Å². The van der Waals surface area contributed by atoms with Crippen molar-refractivity contribution < 1.29 is 19.8 Å². The molecule has 1 aromatic carbocycles. The van der Waals surface area contributed by atoms with Gasteiger partial charge in [-0.2, -0.15) is 0 Å². The number of nitrogens with zero attached hydrogens (tertiary/aromatic N) is 2.